The summed E-state index contributed by atoms with van der Waals surface area (Å²) in [5, 5.41) is 18.7. The van der Waals surface area contributed by atoms with Gasteiger partial charge < -0.3 is 29.2 Å². The van der Waals surface area contributed by atoms with E-state index in [0.29, 0.717) is 42.1 Å². The van der Waals surface area contributed by atoms with Gasteiger partial charge in [0.25, 0.3) is 0 Å². The van der Waals surface area contributed by atoms with Crippen LogP contribution in [0.5, 0.6) is 0 Å². The zero-order valence-corrected chi connectivity index (χ0v) is 31.9. The lowest BCUT2D eigenvalue weighted by Crippen LogP contribution is -2.29. The monoisotopic (exact) mass is 748 g/mol. The molecule has 12 heteroatoms. The summed E-state index contributed by atoms with van der Waals surface area (Å²) in [5.74, 6) is -0.653. The third kappa shape index (κ3) is 11.1. The van der Waals surface area contributed by atoms with E-state index >= 15 is 0 Å². The molecule has 0 bridgehead atoms. The smallest absolute Gasteiger partial charge is 0.178 e. The molecule has 3 fully saturated rings. The van der Waals surface area contributed by atoms with Crippen LogP contribution in [0, 0.1) is 23.7 Å². The van der Waals surface area contributed by atoms with Crippen LogP contribution in [-0.4, -0.2) is 94.2 Å². The zero-order chi connectivity index (χ0) is 37.4. The van der Waals surface area contributed by atoms with Crippen molar-refractivity contribution in [1.29, 1.82) is 0 Å². The minimum atomic E-state index is -3.41. The lowest BCUT2D eigenvalue weighted by molar-refractivity contribution is -0.142. The number of ether oxygens (including phenoxy) is 4. The van der Waals surface area contributed by atoms with Gasteiger partial charge in [-0.05, 0) is 62.8 Å². The fourth-order valence-corrected chi connectivity index (χ4v) is 11.0. The minimum Gasteiger partial charge on any atom is -0.394 e. The van der Waals surface area contributed by atoms with Gasteiger partial charge in [-0.25, -0.2) is 16.8 Å². The number of sulfone groups is 2. The quantitative estimate of drug-likeness (QED) is 0.227. The van der Waals surface area contributed by atoms with Crippen LogP contribution in [-0.2, 0) is 38.6 Å². The molecule has 2 aromatic rings. The Balaban J connectivity index is 0.000000230. The van der Waals surface area contributed by atoms with Crippen LogP contribution >= 0.6 is 0 Å². The van der Waals surface area contributed by atoms with Crippen LogP contribution in [0.15, 0.2) is 95.8 Å². The van der Waals surface area contributed by atoms with Gasteiger partial charge in [0.1, 0.15) is 0 Å². The topological polar surface area (TPSA) is 146 Å². The van der Waals surface area contributed by atoms with Gasteiger partial charge in [-0.15, -0.1) is 13.2 Å². The van der Waals surface area contributed by atoms with E-state index in [-0.39, 0.29) is 72.3 Å². The molecule has 3 aliphatic heterocycles. The molecule has 2 N–H and O–H groups in total. The first-order chi connectivity index (χ1) is 24.1. The summed E-state index contributed by atoms with van der Waals surface area (Å²) in [5.41, 5.74) is 0. The van der Waals surface area contributed by atoms with E-state index in [2.05, 4.69) is 20.1 Å². The van der Waals surface area contributed by atoms with Gasteiger partial charge in [0.15, 0.2) is 25.5 Å². The normalized spacial score (nSPS) is 31.1. The maximum absolute atomic E-state index is 12.9. The SMILES string of the molecule is C=CC[C@@H]1O[C@H](CC2COC(C)(C)O2)[C@H](C)C1CS(=O)(=O)c1ccccc1.C=CC[C@@H]1O[C@H](C[C@H](O)CO)[C@H](C)C1CS(=O)(=O)c1ccccc1. The molecular formula is C39H56O10S2. The van der Waals surface area contributed by atoms with E-state index in [4.69, 9.17) is 24.1 Å². The summed E-state index contributed by atoms with van der Waals surface area (Å²) in [4.78, 5) is 0.681. The molecule has 0 amide bonds. The van der Waals surface area contributed by atoms with Gasteiger partial charge in [-0.2, -0.15) is 0 Å². The second-order valence-electron chi connectivity index (χ2n) is 14.5. The molecule has 0 saturated carbocycles. The van der Waals surface area contributed by atoms with Crippen molar-refractivity contribution < 1.29 is 46.0 Å². The summed E-state index contributed by atoms with van der Waals surface area (Å²) in [6, 6.07) is 17.1. The highest BCUT2D eigenvalue weighted by atomic mass is 32.2. The fourth-order valence-electron chi connectivity index (χ4n) is 7.41. The van der Waals surface area contributed by atoms with E-state index in [1.165, 1.54) is 0 Å². The van der Waals surface area contributed by atoms with Crippen molar-refractivity contribution in [2.24, 2.45) is 23.7 Å². The van der Waals surface area contributed by atoms with Gasteiger partial charge in [-0.3, -0.25) is 0 Å². The number of benzene rings is 2. The van der Waals surface area contributed by atoms with Crippen LogP contribution < -0.4 is 0 Å². The minimum absolute atomic E-state index is 0.00239. The van der Waals surface area contributed by atoms with Crippen LogP contribution in [0.3, 0.4) is 0 Å². The molecule has 51 heavy (non-hydrogen) atoms. The van der Waals surface area contributed by atoms with Gasteiger partial charge in [-0.1, -0.05) is 62.4 Å². The Morgan fingerprint density at radius 1 is 0.784 bits per heavy atom. The summed E-state index contributed by atoms with van der Waals surface area (Å²) >= 11 is 0. The van der Waals surface area contributed by atoms with Crippen molar-refractivity contribution in [3.8, 4) is 0 Å². The predicted molar refractivity (Wildman–Crippen MR) is 196 cm³/mol. The largest absolute Gasteiger partial charge is 0.394 e. The molecule has 0 aliphatic carbocycles. The van der Waals surface area contributed by atoms with E-state index in [1.807, 2.05) is 26.8 Å². The van der Waals surface area contributed by atoms with Gasteiger partial charge in [0.2, 0.25) is 0 Å². The molecule has 0 radical (unpaired) electrons. The predicted octanol–water partition coefficient (Wildman–Crippen LogP) is 5.40. The number of hydrogen-bond donors (Lipinski definition) is 2. The Kier molecular flexibility index (Phi) is 14.6. The third-order valence-corrected chi connectivity index (χ3v) is 13.9. The van der Waals surface area contributed by atoms with Gasteiger partial charge in [0, 0.05) is 24.7 Å². The second-order valence-corrected chi connectivity index (χ2v) is 18.5. The average molecular weight is 749 g/mol. The number of aliphatic hydroxyl groups excluding tert-OH is 2. The van der Waals surface area contributed by atoms with E-state index in [9.17, 15) is 21.9 Å². The lowest BCUT2D eigenvalue weighted by Gasteiger charge is -2.22. The molecule has 10 nitrogen and oxygen atoms in total. The Hall–Kier alpha value is -2.42. The summed E-state index contributed by atoms with van der Waals surface area (Å²) in [6.45, 7) is 15.6. The Labute approximate surface area is 304 Å². The van der Waals surface area contributed by atoms with Crippen LogP contribution in [0.1, 0.15) is 53.4 Å². The fraction of sp³-hybridized carbons (Fsp3) is 0.590. The zero-order valence-electron chi connectivity index (χ0n) is 30.2. The standard InChI is InChI=1S/C21H30O5S.C18H26O5S/c1-5-9-19-18(14-27(22,23)17-10-7-6-8-11-17)15(2)20(25-19)12-16-13-24-21(3,4)26-16;1-3-7-17-16(13(2)18(23-17)10-14(20)11-19)12-24(21,22)15-8-5-4-6-9-15/h5-8,10-11,15-16,18-20H,1,9,12-14H2,2-4H3;3-6,8-9,13-14,16-20H,1,7,10-12H2,2H3/t15-,16?,18?,19+,20-;13-,14+,16?,17+,18-/m11/s1. The van der Waals surface area contributed by atoms with Crippen LogP contribution in [0.4, 0.5) is 0 Å². The number of rotatable bonds is 15. The van der Waals surface area contributed by atoms with E-state index in [1.54, 1.807) is 66.7 Å². The number of aliphatic hydroxyl groups is 2. The van der Waals surface area contributed by atoms with Crippen molar-refractivity contribution >= 4 is 19.7 Å². The van der Waals surface area contributed by atoms with Crippen molar-refractivity contribution in [3.05, 3.63) is 86.0 Å². The molecule has 10 atom stereocenters. The van der Waals surface area contributed by atoms with E-state index < -0.39 is 31.6 Å². The highest BCUT2D eigenvalue weighted by Crippen LogP contribution is 2.40. The molecule has 2 aromatic carbocycles. The molecule has 3 unspecified atom stereocenters. The molecule has 0 aromatic heterocycles. The van der Waals surface area contributed by atoms with Gasteiger partial charge in [0.05, 0.1) is 71.1 Å². The summed E-state index contributed by atoms with van der Waals surface area (Å²) < 4.78 is 75.0. The van der Waals surface area contributed by atoms with Crippen LogP contribution in [0.2, 0.25) is 0 Å². The number of hydrogen-bond acceptors (Lipinski definition) is 10. The van der Waals surface area contributed by atoms with Crippen LogP contribution in [0.25, 0.3) is 0 Å². The maximum Gasteiger partial charge on any atom is 0.178 e. The molecule has 3 heterocycles. The van der Waals surface area contributed by atoms with Crippen molar-refractivity contribution in [3.63, 3.8) is 0 Å². The molecule has 0 spiro atoms. The Bertz CT molecular complexity index is 1610. The molecule has 3 aliphatic rings. The first kappa shape index (κ1) is 41.3. The molecular weight excluding hydrogens is 693 g/mol. The third-order valence-electron chi connectivity index (χ3n) is 10.3. The Morgan fingerprint density at radius 3 is 1.65 bits per heavy atom. The van der Waals surface area contributed by atoms with E-state index in [0.717, 1.165) is 0 Å². The molecule has 5 rings (SSSR count). The first-order valence-electron chi connectivity index (χ1n) is 17.8. The van der Waals surface area contributed by atoms with Crippen molar-refractivity contribution in [1.82, 2.24) is 0 Å². The maximum atomic E-state index is 12.9. The highest BCUT2D eigenvalue weighted by molar-refractivity contribution is 7.91. The Morgan fingerprint density at radius 2 is 1.24 bits per heavy atom. The van der Waals surface area contributed by atoms with Gasteiger partial charge >= 0.3 is 0 Å². The van der Waals surface area contributed by atoms with Crippen molar-refractivity contribution in [2.45, 2.75) is 106 Å². The highest BCUT2D eigenvalue weighted by Gasteiger charge is 2.46. The van der Waals surface area contributed by atoms with Crippen molar-refractivity contribution in [2.75, 3.05) is 24.7 Å². The average Bonchev–Trinajstić information content (AvgIpc) is 3.69. The second kappa shape index (κ2) is 18.1. The molecule has 284 valence electrons. The summed E-state index contributed by atoms with van der Waals surface area (Å²) in [6.07, 6.45) is 4.16. The molecule has 3 saturated heterocycles. The lowest BCUT2D eigenvalue weighted by atomic mass is 9.87. The summed E-state index contributed by atoms with van der Waals surface area (Å²) in [7, 11) is -6.78. The first-order valence-corrected chi connectivity index (χ1v) is 21.1.